The van der Waals surface area contributed by atoms with Gasteiger partial charge < -0.3 is 4.57 Å². The minimum Gasteiger partial charge on any atom is -0.309 e. The predicted molar refractivity (Wildman–Crippen MR) is 144 cm³/mol. The van der Waals surface area contributed by atoms with E-state index in [-0.39, 0.29) is 0 Å². The highest BCUT2D eigenvalue weighted by Crippen LogP contribution is 2.45. The Labute approximate surface area is 196 Å². The Kier molecular flexibility index (Phi) is 3.99. The Morgan fingerprint density at radius 3 is 2.12 bits per heavy atom. The molecule has 0 atom stereocenters. The van der Waals surface area contributed by atoms with Crippen molar-refractivity contribution in [2.75, 3.05) is 0 Å². The number of fused-ring (bicyclic) bond motifs is 7. The fourth-order valence-corrected chi connectivity index (χ4v) is 6.52. The van der Waals surface area contributed by atoms with Crippen LogP contribution in [0.4, 0.5) is 0 Å². The molecule has 0 fully saturated rings. The van der Waals surface area contributed by atoms with Crippen LogP contribution in [-0.2, 0) is 0 Å². The molecule has 0 spiro atoms. The average molecular weight is 440 g/mol. The normalized spacial score (nSPS) is 11.8. The molecule has 0 unspecified atom stereocenters. The molecule has 2 aromatic heterocycles. The van der Waals surface area contributed by atoms with Gasteiger partial charge in [-0.3, -0.25) is 0 Å². The van der Waals surface area contributed by atoms with E-state index < -0.39 is 0 Å². The summed E-state index contributed by atoms with van der Waals surface area (Å²) in [6, 6.07) is 39.7. The van der Waals surface area contributed by atoms with Crippen LogP contribution in [0, 0.1) is 6.92 Å². The monoisotopic (exact) mass is 439 g/mol. The van der Waals surface area contributed by atoms with Crippen LogP contribution >= 0.6 is 11.3 Å². The molecule has 0 saturated heterocycles. The largest absolute Gasteiger partial charge is 0.309 e. The van der Waals surface area contributed by atoms with E-state index in [4.69, 9.17) is 0 Å². The zero-order chi connectivity index (χ0) is 21.9. The van der Waals surface area contributed by atoms with Crippen LogP contribution in [0.3, 0.4) is 0 Å². The SMILES string of the molecule is Cc1ccc(-c2cccc3c2sc2c3ccc3c2c2ccccc2n3-c2ccccc2)cc1. The second-order valence-electron chi connectivity index (χ2n) is 8.67. The van der Waals surface area contributed by atoms with E-state index in [0.717, 1.165) is 0 Å². The van der Waals surface area contributed by atoms with Crippen molar-refractivity contribution in [1.29, 1.82) is 0 Å². The number of para-hydroxylation sites is 2. The molecule has 0 N–H and O–H groups in total. The van der Waals surface area contributed by atoms with Crippen molar-refractivity contribution in [2.45, 2.75) is 6.92 Å². The number of hydrogen-bond acceptors (Lipinski definition) is 1. The Morgan fingerprint density at radius 1 is 0.545 bits per heavy atom. The third-order valence-corrected chi connectivity index (χ3v) is 7.95. The molecule has 2 heteroatoms. The molecular weight excluding hydrogens is 418 g/mol. The maximum absolute atomic E-state index is 2.40. The summed E-state index contributed by atoms with van der Waals surface area (Å²) in [5.74, 6) is 0. The van der Waals surface area contributed by atoms with Gasteiger partial charge in [0.2, 0.25) is 0 Å². The molecule has 2 heterocycles. The first kappa shape index (κ1) is 18.7. The summed E-state index contributed by atoms with van der Waals surface area (Å²) in [7, 11) is 0. The maximum Gasteiger partial charge on any atom is 0.0555 e. The van der Waals surface area contributed by atoms with Gasteiger partial charge >= 0.3 is 0 Å². The van der Waals surface area contributed by atoms with Crippen molar-refractivity contribution >= 4 is 53.3 Å². The second kappa shape index (κ2) is 7.06. The van der Waals surface area contributed by atoms with Crippen LogP contribution in [0.15, 0.2) is 109 Å². The zero-order valence-electron chi connectivity index (χ0n) is 18.2. The first-order valence-corrected chi connectivity index (χ1v) is 12.1. The minimum atomic E-state index is 1.20. The van der Waals surface area contributed by atoms with Gasteiger partial charge in [-0.25, -0.2) is 0 Å². The van der Waals surface area contributed by atoms with Crippen molar-refractivity contribution in [1.82, 2.24) is 4.57 Å². The maximum atomic E-state index is 2.40. The van der Waals surface area contributed by atoms with Gasteiger partial charge in [-0.2, -0.15) is 0 Å². The highest BCUT2D eigenvalue weighted by Gasteiger charge is 2.18. The molecule has 156 valence electrons. The fraction of sp³-hybridized carbons (Fsp3) is 0.0323. The summed E-state index contributed by atoms with van der Waals surface area (Å²) in [5, 5.41) is 5.34. The van der Waals surface area contributed by atoms with Crippen LogP contribution in [0.25, 0.3) is 58.8 Å². The molecule has 33 heavy (non-hydrogen) atoms. The summed E-state index contributed by atoms with van der Waals surface area (Å²) in [6.07, 6.45) is 0. The highest BCUT2D eigenvalue weighted by atomic mass is 32.1. The van der Waals surface area contributed by atoms with E-state index in [1.165, 1.54) is 64.4 Å². The van der Waals surface area contributed by atoms with Crippen molar-refractivity contribution in [3.8, 4) is 16.8 Å². The van der Waals surface area contributed by atoms with E-state index in [0.29, 0.717) is 0 Å². The highest BCUT2D eigenvalue weighted by molar-refractivity contribution is 7.27. The van der Waals surface area contributed by atoms with Gasteiger partial charge in [0, 0.05) is 36.6 Å². The van der Waals surface area contributed by atoms with Gasteiger partial charge in [0.25, 0.3) is 0 Å². The lowest BCUT2D eigenvalue weighted by molar-refractivity contribution is 1.18. The van der Waals surface area contributed by atoms with E-state index in [2.05, 4.69) is 121 Å². The van der Waals surface area contributed by atoms with E-state index in [1.807, 2.05) is 11.3 Å². The molecule has 7 aromatic rings. The predicted octanol–water partition coefficient (Wildman–Crippen LogP) is 9.13. The second-order valence-corrected chi connectivity index (χ2v) is 9.70. The lowest BCUT2D eigenvalue weighted by Crippen LogP contribution is -1.92. The molecule has 0 radical (unpaired) electrons. The number of rotatable bonds is 2. The molecule has 0 aliphatic carbocycles. The molecule has 7 rings (SSSR count). The van der Waals surface area contributed by atoms with Gasteiger partial charge in [0.15, 0.2) is 0 Å². The fourth-order valence-electron chi connectivity index (χ4n) is 5.12. The number of thiophene rings is 1. The topological polar surface area (TPSA) is 4.93 Å². The summed E-state index contributed by atoms with van der Waals surface area (Å²) < 4.78 is 5.13. The van der Waals surface area contributed by atoms with E-state index in [1.54, 1.807) is 0 Å². The Morgan fingerprint density at radius 2 is 1.27 bits per heavy atom. The van der Waals surface area contributed by atoms with Gasteiger partial charge in [0.05, 0.1) is 11.0 Å². The summed E-state index contributed by atoms with van der Waals surface area (Å²) in [4.78, 5) is 0. The lowest BCUT2D eigenvalue weighted by atomic mass is 10.0. The van der Waals surface area contributed by atoms with Crippen LogP contribution in [0.2, 0.25) is 0 Å². The van der Waals surface area contributed by atoms with Crippen molar-refractivity contribution < 1.29 is 0 Å². The third kappa shape index (κ3) is 2.71. The van der Waals surface area contributed by atoms with Gasteiger partial charge in [-0.15, -0.1) is 11.3 Å². The molecule has 0 amide bonds. The Bertz CT molecular complexity index is 1800. The first-order chi connectivity index (χ1) is 16.3. The van der Waals surface area contributed by atoms with Crippen molar-refractivity contribution in [2.24, 2.45) is 0 Å². The summed E-state index contributed by atoms with van der Waals surface area (Å²) in [6.45, 7) is 2.14. The van der Waals surface area contributed by atoms with E-state index in [9.17, 15) is 0 Å². The number of benzene rings is 5. The zero-order valence-corrected chi connectivity index (χ0v) is 19.1. The third-order valence-electron chi connectivity index (χ3n) is 6.68. The first-order valence-electron chi connectivity index (χ1n) is 11.3. The summed E-state index contributed by atoms with van der Waals surface area (Å²) in [5.41, 5.74) is 7.59. The lowest BCUT2D eigenvalue weighted by Gasteiger charge is -2.07. The Hall–Kier alpha value is -3.88. The number of nitrogens with zero attached hydrogens (tertiary/aromatic N) is 1. The van der Waals surface area contributed by atoms with Gasteiger partial charge in [-0.1, -0.05) is 90.5 Å². The standard InChI is InChI=1S/C31H21NS/c1-20-14-16-21(17-15-20)23-11-7-12-24-25-18-19-28-29(31(25)33-30(23)24)26-10-5-6-13-27(26)32(28)22-8-3-2-4-9-22/h2-19H,1H3. The molecule has 0 bridgehead atoms. The average Bonchev–Trinajstić information content (AvgIpc) is 3.41. The molecule has 1 nitrogen and oxygen atoms in total. The molecule has 0 aliphatic rings. The number of aryl methyl sites for hydroxylation is 1. The molecule has 0 aliphatic heterocycles. The molecule has 5 aromatic carbocycles. The number of hydrogen-bond donors (Lipinski definition) is 0. The van der Waals surface area contributed by atoms with Crippen LogP contribution in [-0.4, -0.2) is 4.57 Å². The minimum absolute atomic E-state index is 1.20. The Balaban J connectivity index is 1.63. The number of aromatic nitrogens is 1. The van der Waals surface area contributed by atoms with Crippen LogP contribution in [0.1, 0.15) is 5.56 Å². The summed E-state index contributed by atoms with van der Waals surface area (Å²) >= 11 is 1.93. The van der Waals surface area contributed by atoms with Crippen molar-refractivity contribution in [3.63, 3.8) is 0 Å². The van der Waals surface area contributed by atoms with Crippen LogP contribution < -0.4 is 0 Å². The van der Waals surface area contributed by atoms with Crippen molar-refractivity contribution in [3.05, 3.63) is 115 Å². The molecular formula is C31H21NS. The van der Waals surface area contributed by atoms with Gasteiger partial charge in [0.1, 0.15) is 0 Å². The smallest absolute Gasteiger partial charge is 0.0555 e. The van der Waals surface area contributed by atoms with Crippen LogP contribution in [0.5, 0.6) is 0 Å². The van der Waals surface area contributed by atoms with E-state index >= 15 is 0 Å². The van der Waals surface area contributed by atoms with Gasteiger partial charge in [-0.05, 0) is 42.3 Å². The quantitative estimate of drug-likeness (QED) is 0.253. The molecule has 0 saturated carbocycles.